The molecule has 18 heavy (non-hydrogen) atoms. The Morgan fingerprint density at radius 2 is 2.06 bits per heavy atom. The highest BCUT2D eigenvalue weighted by molar-refractivity contribution is 5.76. The SMILES string of the molecule is CN1CC(CN2CCC3(CCCC3)C2)CCC1=O. The maximum atomic E-state index is 11.5. The number of likely N-dealkylation sites (tertiary alicyclic amines) is 2. The molecule has 1 unspecified atom stereocenters. The maximum absolute atomic E-state index is 11.5. The van der Waals surface area contributed by atoms with Gasteiger partial charge in [-0.1, -0.05) is 12.8 Å². The number of piperidine rings is 1. The third kappa shape index (κ3) is 2.42. The van der Waals surface area contributed by atoms with E-state index in [-0.39, 0.29) is 0 Å². The summed E-state index contributed by atoms with van der Waals surface area (Å²) in [5.41, 5.74) is 0.691. The van der Waals surface area contributed by atoms with Crippen LogP contribution in [0.2, 0.25) is 0 Å². The fourth-order valence-corrected chi connectivity index (χ4v) is 4.33. The quantitative estimate of drug-likeness (QED) is 0.749. The predicted octanol–water partition coefficient (Wildman–Crippen LogP) is 2.12. The zero-order valence-corrected chi connectivity index (χ0v) is 11.7. The van der Waals surface area contributed by atoms with Crippen LogP contribution in [0, 0.1) is 11.3 Å². The summed E-state index contributed by atoms with van der Waals surface area (Å²) in [6, 6.07) is 0. The maximum Gasteiger partial charge on any atom is 0.222 e. The predicted molar refractivity (Wildman–Crippen MR) is 72.3 cm³/mol. The molecule has 2 saturated heterocycles. The van der Waals surface area contributed by atoms with Crippen LogP contribution in [-0.2, 0) is 4.79 Å². The normalized spacial score (nSPS) is 32.6. The highest BCUT2D eigenvalue weighted by Crippen LogP contribution is 2.45. The van der Waals surface area contributed by atoms with Crippen LogP contribution < -0.4 is 0 Å². The van der Waals surface area contributed by atoms with Gasteiger partial charge in [-0.3, -0.25) is 4.79 Å². The summed E-state index contributed by atoms with van der Waals surface area (Å²) < 4.78 is 0. The minimum absolute atomic E-state index is 0.333. The van der Waals surface area contributed by atoms with E-state index in [2.05, 4.69) is 4.90 Å². The van der Waals surface area contributed by atoms with Gasteiger partial charge in [0.05, 0.1) is 0 Å². The number of nitrogens with zero attached hydrogens (tertiary/aromatic N) is 2. The second kappa shape index (κ2) is 4.84. The van der Waals surface area contributed by atoms with Crippen molar-refractivity contribution in [3.63, 3.8) is 0 Å². The van der Waals surface area contributed by atoms with Gasteiger partial charge in [0.15, 0.2) is 0 Å². The second-order valence-corrected chi connectivity index (χ2v) is 6.87. The summed E-state index contributed by atoms with van der Waals surface area (Å²) in [6.45, 7) is 4.83. The Balaban J connectivity index is 1.50. The third-order valence-electron chi connectivity index (χ3n) is 5.42. The second-order valence-electron chi connectivity index (χ2n) is 6.87. The average Bonchev–Trinajstić information content (AvgIpc) is 2.96. The first-order valence-electron chi connectivity index (χ1n) is 7.63. The molecule has 1 spiro atoms. The number of hydrogen-bond acceptors (Lipinski definition) is 2. The summed E-state index contributed by atoms with van der Waals surface area (Å²) >= 11 is 0. The van der Waals surface area contributed by atoms with Crippen molar-refractivity contribution in [3.8, 4) is 0 Å². The van der Waals surface area contributed by atoms with E-state index in [1.807, 2.05) is 11.9 Å². The summed E-state index contributed by atoms with van der Waals surface area (Å²) in [5.74, 6) is 1.05. The Bertz CT molecular complexity index is 322. The monoisotopic (exact) mass is 250 g/mol. The van der Waals surface area contributed by atoms with Gasteiger partial charge in [0.25, 0.3) is 0 Å². The molecule has 3 rings (SSSR count). The van der Waals surface area contributed by atoms with Crippen LogP contribution in [0.1, 0.15) is 44.9 Å². The molecule has 0 aromatic heterocycles. The van der Waals surface area contributed by atoms with Crippen molar-refractivity contribution in [2.24, 2.45) is 11.3 Å². The van der Waals surface area contributed by atoms with Crippen LogP contribution >= 0.6 is 0 Å². The number of carbonyl (C=O) groups excluding carboxylic acids is 1. The largest absolute Gasteiger partial charge is 0.345 e. The van der Waals surface area contributed by atoms with Crippen LogP contribution in [0.15, 0.2) is 0 Å². The summed E-state index contributed by atoms with van der Waals surface area (Å²) in [5, 5.41) is 0. The molecular formula is C15H26N2O. The fourth-order valence-electron chi connectivity index (χ4n) is 4.33. The van der Waals surface area contributed by atoms with Gasteiger partial charge in [-0.15, -0.1) is 0 Å². The van der Waals surface area contributed by atoms with E-state index >= 15 is 0 Å². The van der Waals surface area contributed by atoms with E-state index in [4.69, 9.17) is 0 Å². The van der Waals surface area contributed by atoms with Crippen molar-refractivity contribution in [2.75, 3.05) is 33.2 Å². The molecule has 3 heteroatoms. The van der Waals surface area contributed by atoms with Gasteiger partial charge >= 0.3 is 0 Å². The molecule has 2 heterocycles. The first-order valence-corrected chi connectivity index (χ1v) is 7.63. The van der Waals surface area contributed by atoms with Crippen LogP contribution in [0.5, 0.6) is 0 Å². The lowest BCUT2D eigenvalue weighted by atomic mass is 9.85. The molecule has 1 atom stereocenters. The molecule has 3 fully saturated rings. The van der Waals surface area contributed by atoms with Crippen LogP contribution in [-0.4, -0.2) is 48.9 Å². The van der Waals surface area contributed by atoms with Gasteiger partial charge in [0.2, 0.25) is 5.91 Å². The highest BCUT2D eigenvalue weighted by atomic mass is 16.2. The summed E-state index contributed by atoms with van der Waals surface area (Å²) in [4.78, 5) is 16.1. The Hall–Kier alpha value is -0.570. The Morgan fingerprint density at radius 3 is 2.78 bits per heavy atom. The molecule has 3 aliphatic rings. The Morgan fingerprint density at radius 1 is 1.28 bits per heavy atom. The molecule has 0 N–H and O–H groups in total. The van der Waals surface area contributed by atoms with Gasteiger partial charge in [-0.2, -0.15) is 0 Å². The zero-order valence-electron chi connectivity index (χ0n) is 11.7. The average molecular weight is 250 g/mol. The van der Waals surface area contributed by atoms with Crippen molar-refractivity contribution in [1.82, 2.24) is 9.80 Å². The molecule has 3 nitrogen and oxygen atoms in total. The highest BCUT2D eigenvalue weighted by Gasteiger charge is 2.40. The van der Waals surface area contributed by atoms with Crippen LogP contribution in [0.4, 0.5) is 0 Å². The topological polar surface area (TPSA) is 23.6 Å². The van der Waals surface area contributed by atoms with Gasteiger partial charge < -0.3 is 9.80 Å². The molecule has 102 valence electrons. The Kier molecular flexibility index (Phi) is 3.35. The van der Waals surface area contributed by atoms with E-state index in [9.17, 15) is 4.79 Å². The minimum Gasteiger partial charge on any atom is -0.345 e. The molecule has 0 aromatic rings. The lowest BCUT2D eigenvalue weighted by molar-refractivity contribution is -0.133. The Labute approximate surface area is 111 Å². The fraction of sp³-hybridized carbons (Fsp3) is 0.933. The molecular weight excluding hydrogens is 224 g/mol. The van der Waals surface area contributed by atoms with E-state index in [1.165, 1.54) is 51.7 Å². The van der Waals surface area contributed by atoms with Crippen LogP contribution in [0.25, 0.3) is 0 Å². The molecule has 0 aromatic carbocycles. The number of carbonyl (C=O) groups is 1. The summed E-state index contributed by atoms with van der Waals surface area (Å²) in [7, 11) is 1.96. The van der Waals surface area contributed by atoms with Crippen molar-refractivity contribution in [3.05, 3.63) is 0 Å². The standard InChI is InChI=1S/C15H26N2O/c1-16-10-13(4-5-14(16)18)11-17-9-8-15(12-17)6-2-3-7-15/h13H,2-12H2,1H3. The molecule has 1 aliphatic carbocycles. The van der Waals surface area contributed by atoms with E-state index in [1.54, 1.807) is 0 Å². The lowest BCUT2D eigenvalue weighted by Crippen LogP contribution is -2.41. The van der Waals surface area contributed by atoms with Gasteiger partial charge in [-0.05, 0) is 43.6 Å². The number of amides is 1. The van der Waals surface area contributed by atoms with Crippen molar-refractivity contribution in [2.45, 2.75) is 44.9 Å². The van der Waals surface area contributed by atoms with Gasteiger partial charge in [0.1, 0.15) is 0 Å². The first kappa shape index (κ1) is 12.5. The van der Waals surface area contributed by atoms with Crippen molar-refractivity contribution in [1.29, 1.82) is 0 Å². The van der Waals surface area contributed by atoms with Gasteiger partial charge in [0, 0.05) is 33.1 Å². The zero-order chi connectivity index (χ0) is 12.6. The van der Waals surface area contributed by atoms with Crippen molar-refractivity contribution >= 4 is 5.91 Å². The van der Waals surface area contributed by atoms with E-state index in [0.29, 0.717) is 17.2 Å². The molecule has 1 saturated carbocycles. The minimum atomic E-state index is 0.333. The van der Waals surface area contributed by atoms with Crippen LogP contribution in [0.3, 0.4) is 0 Å². The van der Waals surface area contributed by atoms with Gasteiger partial charge in [-0.25, -0.2) is 0 Å². The molecule has 0 bridgehead atoms. The molecule has 2 aliphatic heterocycles. The van der Waals surface area contributed by atoms with Crippen molar-refractivity contribution < 1.29 is 4.79 Å². The number of rotatable bonds is 2. The lowest BCUT2D eigenvalue weighted by Gasteiger charge is -2.33. The third-order valence-corrected chi connectivity index (χ3v) is 5.42. The smallest absolute Gasteiger partial charge is 0.222 e. The molecule has 1 amide bonds. The number of hydrogen-bond donors (Lipinski definition) is 0. The first-order chi connectivity index (χ1) is 8.67. The van der Waals surface area contributed by atoms with E-state index < -0.39 is 0 Å². The van der Waals surface area contributed by atoms with E-state index in [0.717, 1.165) is 19.4 Å². The molecule has 0 radical (unpaired) electrons. The summed E-state index contributed by atoms with van der Waals surface area (Å²) in [6.07, 6.45) is 9.13.